The molecule has 4 aromatic carbocycles. The lowest BCUT2D eigenvalue weighted by atomic mass is 9.99. The van der Waals surface area contributed by atoms with Crippen LogP contribution in [0, 0.1) is 13.8 Å². The molecular formula is C45H47F6N11O2. The first-order chi connectivity index (χ1) is 30.4. The smallest absolute Gasteiger partial charge is 0.377 e. The van der Waals surface area contributed by atoms with Crippen LogP contribution in [0.5, 0.6) is 0 Å². The average molecular weight is 888 g/mol. The van der Waals surface area contributed by atoms with Gasteiger partial charge in [-0.15, -0.1) is 15.3 Å². The van der Waals surface area contributed by atoms with Crippen LogP contribution in [0.2, 0.25) is 0 Å². The zero-order valence-electron chi connectivity index (χ0n) is 35.6. The number of anilines is 5. The molecule has 1 amide bonds. The Balaban J connectivity index is 1.25. The second kappa shape index (κ2) is 17.2. The largest absolute Gasteiger partial charge is 0.416 e. The Bertz CT molecular complexity index is 2720. The second-order valence-electron chi connectivity index (χ2n) is 16.3. The summed E-state index contributed by atoms with van der Waals surface area (Å²) in [5.41, 5.74) is 6.75. The second-order valence-corrected chi connectivity index (χ2v) is 16.3. The molecule has 19 heteroatoms. The van der Waals surface area contributed by atoms with Gasteiger partial charge in [-0.3, -0.25) is 4.79 Å². The highest BCUT2D eigenvalue weighted by atomic mass is 19.4. The normalized spacial score (nSPS) is 18.4. The standard InChI is InChI=1S/C45H47F6N11O2/c1-24-21-60(5)38(63)22-62(24)30-14-15-33-35(19-30)43(54-39(52)31-8-6-10-36(26(31)3)44(46,47)48)59-58-41(33)55-40(32-9-7-11-37(27(32)4)45(49,50)51)56-42-34-18-29(13-12-28(34)20-53-57-42)61-16-17-64-23-25(61)2/h6-15,18-20,24-25,39-40H,16-17,21-23,52H2,1-5H3,(H,54,59)(H,55,58)(H,56,57)/t24?,25?,39-,40-/m0/s1. The van der Waals surface area contributed by atoms with Crippen molar-refractivity contribution in [1.29, 1.82) is 0 Å². The number of fused-ring (bicyclic) bond motifs is 2. The maximum Gasteiger partial charge on any atom is 0.416 e. The molecule has 6 aromatic rings. The Kier molecular flexibility index (Phi) is 11.9. The number of aromatic nitrogens is 4. The van der Waals surface area contributed by atoms with E-state index in [9.17, 15) is 31.1 Å². The van der Waals surface area contributed by atoms with Gasteiger partial charge in [0.25, 0.3) is 0 Å². The fraction of sp³-hybridized carbons (Fsp3) is 0.356. The van der Waals surface area contributed by atoms with Gasteiger partial charge in [-0.1, -0.05) is 30.3 Å². The molecule has 5 N–H and O–H groups in total. The minimum Gasteiger partial charge on any atom is -0.377 e. The molecule has 13 nitrogen and oxygen atoms in total. The van der Waals surface area contributed by atoms with E-state index in [0.717, 1.165) is 23.2 Å². The number of amides is 1. The highest BCUT2D eigenvalue weighted by Crippen LogP contribution is 2.40. The monoisotopic (exact) mass is 887 g/mol. The van der Waals surface area contributed by atoms with Crippen molar-refractivity contribution < 1.29 is 35.9 Å². The molecular weight excluding hydrogens is 841 g/mol. The molecule has 8 rings (SSSR count). The van der Waals surface area contributed by atoms with Crippen molar-refractivity contribution in [1.82, 2.24) is 25.3 Å². The third-order valence-corrected chi connectivity index (χ3v) is 12.1. The quantitative estimate of drug-likeness (QED) is 0.0773. The van der Waals surface area contributed by atoms with Crippen LogP contribution in [-0.2, 0) is 21.9 Å². The SMILES string of the molecule is Cc1c([C@H](Nc2nncc3ccc(N4CCOCC4C)cc23)Nc2nnc(N[C@H](N)c3cccc(C(F)(F)F)c3C)c3cc(N4CC(=O)N(C)CC4C)ccc23)cccc1C(F)(F)F. The van der Waals surface area contributed by atoms with E-state index in [1.165, 1.54) is 32.0 Å². The van der Waals surface area contributed by atoms with Crippen molar-refractivity contribution in [3.8, 4) is 0 Å². The number of nitrogens with one attached hydrogen (secondary N) is 3. The summed E-state index contributed by atoms with van der Waals surface area (Å²) < 4.78 is 90.8. The number of carbonyl (C=O) groups excluding carboxylic acids is 1. The van der Waals surface area contributed by atoms with Gasteiger partial charge in [0.05, 0.1) is 37.1 Å². The Morgan fingerprint density at radius 3 is 2.00 bits per heavy atom. The lowest BCUT2D eigenvalue weighted by Crippen LogP contribution is -2.53. The highest BCUT2D eigenvalue weighted by Gasteiger charge is 2.36. The van der Waals surface area contributed by atoms with E-state index < -0.39 is 35.8 Å². The number of piperazine rings is 1. The molecule has 336 valence electrons. The van der Waals surface area contributed by atoms with Crippen LogP contribution in [0.25, 0.3) is 21.5 Å². The molecule has 0 radical (unpaired) electrons. The summed E-state index contributed by atoms with van der Waals surface area (Å²) >= 11 is 0. The lowest BCUT2D eigenvalue weighted by molar-refractivity contribution is -0.138. The van der Waals surface area contributed by atoms with Gasteiger partial charge in [0.1, 0.15) is 12.3 Å². The number of halogens is 6. The van der Waals surface area contributed by atoms with Crippen molar-refractivity contribution in [2.24, 2.45) is 5.73 Å². The summed E-state index contributed by atoms with van der Waals surface area (Å²) in [4.78, 5) is 18.7. The molecule has 2 unspecified atom stereocenters. The minimum atomic E-state index is -4.66. The number of hydrogen-bond donors (Lipinski definition) is 4. The molecule has 64 heavy (non-hydrogen) atoms. The number of morpholine rings is 1. The van der Waals surface area contributed by atoms with Gasteiger partial charge in [0.15, 0.2) is 17.5 Å². The van der Waals surface area contributed by atoms with Gasteiger partial charge in [0.2, 0.25) is 5.91 Å². The number of ether oxygens (including phenoxy) is 1. The number of carbonyl (C=O) groups is 1. The molecule has 0 spiro atoms. The van der Waals surface area contributed by atoms with Gasteiger partial charge in [-0.25, -0.2) is 0 Å². The van der Waals surface area contributed by atoms with Gasteiger partial charge in [0, 0.05) is 65.1 Å². The van der Waals surface area contributed by atoms with E-state index in [4.69, 9.17) is 10.5 Å². The van der Waals surface area contributed by atoms with Gasteiger partial charge >= 0.3 is 12.4 Å². The Hall–Kier alpha value is -6.47. The summed E-state index contributed by atoms with van der Waals surface area (Å²) in [6.45, 7) is 9.06. The molecule has 0 bridgehead atoms. The molecule has 2 aliphatic heterocycles. The van der Waals surface area contributed by atoms with E-state index in [0.29, 0.717) is 48.1 Å². The molecule has 2 aliphatic rings. The Labute approximate surface area is 365 Å². The van der Waals surface area contributed by atoms with Crippen molar-refractivity contribution >= 4 is 56.3 Å². The predicted octanol–water partition coefficient (Wildman–Crippen LogP) is 8.41. The summed E-state index contributed by atoms with van der Waals surface area (Å²) in [5.74, 6) is 0.443. The zero-order valence-corrected chi connectivity index (χ0v) is 35.6. The number of benzene rings is 4. The third kappa shape index (κ3) is 8.73. The van der Waals surface area contributed by atoms with Crippen LogP contribution in [-0.4, -0.2) is 83.2 Å². The number of hydrogen-bond acceptors (Lipinski definition) is 12. The fourth-order valence-corrected chi connectivity index (χ4v) is 8.62. The van der Waals surface area contributed by atoms with Crippen LogP contribution in [0.3, 0.4) is 0 Å². The number of alkyl halides is 6. The first-order valence-electron chi connectivity index (χ1n) is 20.7. The summed E-state index contributed by atoms with van der Waals surface area (Å²) in [5, 5.41) is 29.6. The number of rotatable bonds is 10. The van der Waals surface area contributed by atoms with E-state index in [-0.39, 0.29) is 64.2 Å². The highest BCUT2D eigenvalue weighted by molar-refractivity contribution is 6.01. The molecule has 2 aromatic heterocycles. The Morgan fingerprint density at radius 2 is 1.33 bits per heavy atom. The maximum absolute atomic E-state index is 14.5. The van der Waals surface area contributed by atoms with Crippen molar-refractivity contribution in [3.05, 3.63) is 112 Å². The van der Waals surface area contributed by atoms with Crippen molar-refractivity contribution in [2.75, 3.05) is 65.6 Å². The van der Waals surface area contributed by atoms with Gasteiger partial charge < -0.3 is 41.1 Å². The Morgan fingerprint density at radius 1 is 0.734 bits per heavy atom. The van der Waals surface area contributed by atoms with E-state index in [2.05, 4.69) is 48.2 Å². The van der Waals surface area contributed by atoms with E-state index in [1.807, 2.05) is 30.0 Å². The van der Waals surface area contributed by atoms with Crippen molar-refractivity contribution in [2.45, 2.75) is 64.5 Å². The molecule has 2 fully saturated rings. The van der Waals surface area contributed by atoms with Crippen molar-refractivity contribution in [3.63, 3.8) is 0 Å². The molecule has 2 saturated heterocycles. The topological polar surface area (TPSA) is 150 Å². The number of nitrogens with zero attached hydrogens (tertiary/aromatic N) is 7. The van der Waals surface area contributed by atoms with Crippen LogP contribution in [0.15, 0.2) is 79.0 Å². The first kappa shape index (κ1) is 44.1. The first-order valence-corrected chi connectivity index (χ1v) is 20.7. The fourth-order valence-electron chi connectivity index (χ4n) is 8.62. The van der Waals surface area contributed by atoms with Gasteiger partial charge in [-0.2, -0.15) is 31.4 Å². The average Bonchev–Trinajstić information content (AvgIpc) is 3.24. The van der Waals surface area contributed by atoms with Gasteiger partial charge in [-0.05, 0) is 92.4 Å². The maximum atomic E-state index is 14.5. The minimum absolute atomic E-state index is 0.0509. The van der Waals surface area contributed by atoms with E-state index >= 15 is 0 Å². The summed E-state index contributed by atoms with van der Waals surface area (Å²) in [6.07, 6.45) is -9.97. The molecule has 4 atom stereocenters. The number of likely N-dealkylation sites (N-methyl/N-ethyl adjacent to an activating group) is 1. The van der Waals surface area contributed by atoms with E-state index in [1.54, 1.807) is 42.4 Å². The molecule has 0 saturated carbocycles. The third-order valence-electron chi connectivity index (χ3n) is 12.1. The van der Waals surface area contributed by atoms with Crippen LogP contribution in [0.4, 0.5) is 55.2 Å². The predicted molar refractivity (Wildman–Crippen MR) is 234 cm³/mol. The zero-order chi connectivity index (χ0) is 45.7. The van der Waals surface area contributed by atoms with Crippen LogP contribution < -0.4 is 31.5 Å². The summed E-state index contributed by atoms with van der Waals surface area (Å²) in [6, 6.07) is 18.8. The molecule has 4 heterocycles. The van der Waals surface area contributed by atoms with Crippen LogP contribution >= 0.6 is 0 Å². The lowest BCUT2D eigenvalue weighted by Gasteiger charge is -2.39. The molecule has 0 aliphatic carbocycles. The van der Waals surface area contributed by atoms with Crippen LogP contribution in [0.1, 0.15) is 59.6 Å². The number of nitrogens with two attached hydrogens (primary N) is 1. The summed E-state index contributed by atoms with van der Waals surface area (Å²) in [7, 11) is 1.73.